The number of hydrogen-bond acceptors (Lipinski definition) is 5. The Bertz CT molecular complexity index is 1080. The second-order valence-electron chi connectivity index (χ2n) is 9.18. The highest BCUT2D eigenvalue weighted by Crippen LogP contribution is 2.29. The Morgan fingerprint density at radius 3 is 2.26 bits per heavy atom. The number of anilines is 1. The van der Waals surface area contributed by atoms with Gasteiger partial charge in [0.25, 0.3) is 0 Å². The number of carbonyl (C=O) groups is 2. The van der Waals surface area contributed by atoms with Gasteiger partial charge >= 0.3 is 12.0 Å². The van der Waals surface area contributed by atoms with Crippen LogP contribution >= 0.6 is 0 Å². The molecule has 2 aromatic rings. The van der Waals surface area contributed by atoms with Gasteiger partial charge in [0.05, 0.1) is 12.0 Å². The number of sulfonamides is 1. The average Bonchev–Trinajstić information content (AvgIpc) is 2.77. The molecule has 0 aliphatic rings. The van der Waals surface area contributed by atoms with E-state index in [4.69, 9.17) is 4.74 Å². The molecule has 0 saturated heterocycles. The second kappa shape index (κ2) is 12.0. The number of aryl methyl sites for hydroxylation is 1. The molecule has 1 unspecified atom stereocenters. The van der Waals surface area contributed by atoms with E-state index in [9.17, 15) is 18.0 Å². The van der Waals surface area contributed by atoms with Crippen LogP contribution in [0.3, 0.4) is 0 Å². The summed E-state index contributed by atoms with van der Waals surface area (Å²) in [5, 5.41) is 5.68. The molecule has 0 aliphatic heterocycles. The molecule has 2 rings (SSSR count). The van der Waals surface area contributed by atoms with Gasteiger partial charge in [0.15, 0.2) is 0 Å². The number of benzene rings is 2. The molecule has 0 spiro atoms. The molecule has 0 heterocycles. The van der Waals surface area contributed by atoms with Gasteiger partial charge in [-0.3, -0.25) is 4.79 Å². The van der Waals surface area contributed by atoms with Gasteiger partial charge in [0.1, 0.15) is 6.04 Å². The Kier molecular flexibility index (Phi) is 9.64. The summed E-state index contributed by atoms with van der Waals surface area (Å²) in [6.07, 6.45) is 1.32. The van der Waals surface area contributed by atoms with Gasteiger partial charge in [0.2, 0.25) is 10.0 Å². The third kappa shape index (κ3) is 8.14. The molecule has 0 aromatic heterocycles. The first-order chi connectivity index (χ1) is 15.9. The van der Waals surface area contributed by atoms with Gasteiger partial charge in [-0.05, 0) is 55.4 Å². The molecule has 0 radical (unpaired) electrons. The second-order valence-corrected chi connectivity index (χ2v) is 10.9. The van der Waals surface area contributed by atoms with Gasteiger partial charge in [-0.25, -0.2) is 13.2 Å². The minimum atomic E-state index is -3.87. The van der Waals surface area contributed by atoms with Gasteiger partial charge in [-0.2, -0.15) is 4.72 Å². The van der Waals surface area contributed by atoms with E-state index in [-0.39, 0.29) is 22.8 Å². The first kappa shape index (κ1) is 27.3. The van der Waals surface area contributed by atoms with Crippen LogP contribution in [0.15, 0.2) is 53.4 Å². The van der Waals surface area contributed by atoms with Crippen molar-refractivity contribution in [2.75, 3.05) is 19.0 Å². The Morgan fingerprint density at radius 2 is 1.65 bits per heavy atom. The fourth-order valence-electron chi connectivity index (χ4n) is 3.43. The number of nitrogens with one attached hydrogen (secondary N) is 3. The van der Waals surface area contributed by atoms with E-state index < -0.39 is 22.0 Å². The van der Waals surface area contributed by atoms with Crippen molar-refractivity contribution in [3.8, 4) is 0 Å². The summed E-state index contributed by atoms with van der Waals surface area (Å²) in [7, 11) is -2.65. The Morgan fingerprint density at radius 1 is 1.00 bits per heavy atom. The largest absolute Gasteiger partial charge is 0.468 e. The molecule has 0 aliphatic carbocycles. The molecule has 34 heavy (non-hydrogen) atoms. The normalized spacial score (nSPS) is 12.6. The summed E-state index contributed by atoms with van der Waals surface area (Å²) in [5.74, 6) is -0.653. The smallest absolute Gasteiger partial charge is 0.323 e. The number of rotatable bonds is 10. The van der Waals surface area contributed by atoms with Crippen molar-refractivity contribution >= 4 is 27.7 Å². The monoisotopic (exact) mass is 489 g/mol. The number of esters is 1. The maximum Gasteiger partial charge on any atom is 0.323 e. The van der Waals surface area contributed by atoms with Gasteiger partial charge in [-0.1, -0.05) is 56.7 Å². The number of urea groups is 1. The van der Waals surface area contributed by atoms with Crippen molar-refractivity contribution in [2.24, 2.45) is 0 Å². The van der Waals surface area contributed by atoms with Crippen molar-refractivity contribution in [3.63, 3.8) is 0 Å². The summed E-state index contributed by atoms with van der Waals surface area (Å²) < 4.78 is 32.5. The quantitative estimate of drug-likeness (QED) is 0.343. The van der Waals surface area contributed by atoms with E-state index in [2.05, 4.69) is 36.1 Å². The fraction of sp³-hybridized carbons (Fsp3) is 0.440. The molecule has 186 valence electrons. The maximum atomic E-state index is 12.6. The highest BCUT2D eigenvalue weighted by molar-refractivity contribution is 7.89. The zero-order valence-electron chi connectivity index (χ0n) is 20.5. The highest BCUT2D eigenvalue weighted by Gasteiger charge is 2.26. The molecule has 0 fully saturated rings. The Hall–Kier alpha value is -2.91. The van der Waals surface area contributed by atoms with Crippen molar-refractivity contribution in [1.82, 2.24) is 10.0 Å². The standard InChI is InChI=1S/C25H35N3O5S/c1-18-13-15-19(16-14-18)34(31,32)28-22(23(29)33-5)12-8-9-17-26-24(30)27-21-11-7-6-10-20(21)25(2,3)4/h6-7,10-11,13-16,22,28H,8-9,12,17H2,1-5H3,(H2,26,27,30). The lowest BCUT2D eigenvalue weighted by Crippen LogP contribution is -2.41. The van der Waals surface area contributed by atoms with E-state index in [1.165, 1.54) is 19.2 Å². The van der Waals surface area contributed by atoms with Crippen molar-refractivity contribution < 1.29 is 22.7 Å². The van der Waals surface area contributed by atoms with Crippen LogP contribution in [0.5, 0.6) is 0 Å². The summed E-state index contributed by atoms with van der Waals surface area (Å²) >= 11 is 0. The fourth-order valence-corrected chi connectivity index (χ4v) is 4.65. The molecular weight excluding hydrogens is 454 g/mol. The number of ether oxygens (including phenoxy) is 1. The number of amides is 2. The Labute approximate surface area is 202 Å². The molecule has 2 amide bonds. The van der Waals surface area contributed by atoms with Crippen LogP contribution in [0.2, 0.25) is 0 Å². The zero-order chi connectivity index (χ0) is 25.4. The summed E-state index contributed by atoms with van der Waals surface area (Å²) in [4.78, 5) is 24.5. The van der Waals surface area contributed by atoms with Gasteiger partial charge < -0.3 is 15.4 Å². The molecule has 1 atom stereocenters. The van der Waals surface area contributed by atoms with E-state index in [1.54, 1.807) is 12.1 Å². The third-order valence-corrected chi connectivity index (χ3v) is 6.79. The maximum absolute atomic E-state index is 12.6. The third-order valence-electron chi connectivity index (χ3n) is 5.30. The van der Waals surface area contributed by atoms with Crippen LogP contribution in [-0.4, -0.2) is 40.1 Å². The summed E-state index contributed by atoms with van der Waals surface area (Å²) in [5.41, 5.74) is 2.61. The first-order valence-corrected chi connectivity index (χ1v) is 12.7. The molecule has 0 bridgehead atoms. The predicted molar refractivity (Wildman–Crippen MR) is 133 cm³/mol. The van der Waals surface area contributed by atoms with Crippen LogP contribution in [0.25, 0.3) is 0 Å². The van der Waals surface area contributed by atoms with Crippen LogP contribution in [0, 0.1) is 6.92 Å². The number of methoxy groups -OCH3 is 1. The van der Waals surface area contributed by atoms with Gasteiger partial charge in [-0.15, -0.1) is 0 Å². The lowest BCUT2D eigenvalue weighted by molar-refractivity contribution is -0.142. The van der Waals surface area contributed by atoms with Crippen molar-refractivity contribution in [3.05, 3.63) is 59.7 Å². The van der Waals surface area contributed by atoms with E-state index in [0.29, 0.717) is 19.4 Å². The van der Waals surface area contributed by atoms with Gasteiger partial charge in [0, 0.05) is 12.2 Å². The van der Waals surface area contributed by atoms with E-state index in [0.717, 1.165) is 16.8 Å². The molecule has 3 N–H and O–H groups in total. The van der Waals surface area contributed by atoms with Crippen LogP contribution in [0.4, 0.5) is 10.5 Å². The molecule has 0 saturated carbocycles. The SMILES string of the molecule is COC(=O)C(CCCCNC(=O)Nc1ccccc1C(C)(C)C)NS(=O)(=O)c1ccc(C)cc1. The topological polar surface area (TPSA) is 114 Å². The average molecular weight is 490 g/mol. The number of carbonyl (C=O) groups excluding carboxylic acids is 2. The minimum Gasteiger partial charge on any atom is -0.468 e. The lowest BCUT2D eigenvalue weighted by atomic mass is 9.86. The first-order valence-electron chi connectivity index (χ1n) is 11.3. The zero-order valence-corrected chi connectivity index (χ0v) is 21.3. The molecule has 2 aromatic carbocycles. The predicted octanol–water partition coefficient (Wildman–Crippen LogP) is 4.10. The molecule has 8 nitrogen and oxygen atoms in total. The highest BCUT2D eigenvalue weighted by atomic mass is 32.2. The Balaban J connectivity index is 1.86. The van der Waals surface area contributed by atoms with Crippen LogP contribution in [0.1, 0.15) is 51.2 Å². The van der Waals surface area contributed by atoms with E-state index in [1.807, 2.05) is 31.2 Å². The van der Waals surface area contributed by atoms with Crippen LogP contribution < -0.4 is 15.4 Å². The lowest BCUT2D eigenvalue weighted by Gasteiger charge is -2.23. The number of unbranched alkanes of at least 4 members (excludes halogenated alkanes) is 1. The van der Waals surface area contributed by atoms with Crippen molar-refractivity contribution in [1.29, 1.82) is 0 Å². The number of hydrogen-bond donors (Lipinski definition) is 3. The van der Waals surface area contributed by atoms with E-state index >= 15 is 0 Å². The molecular formula is C25H35N3O5S. The number of para-hydroxylation sites is 1. The van der Waals surface area contributed by atoms with Crippen molar-refractivity contribution in [2.45, 2.75) is 63.3 Å². The minimum absolute atomic E-state index is 0.0841. The summed E-state index contributed by atoms with van der Waals surface area (Å²) in [6.45, 7) is 8.48. The molecule has 9 heteroatoms. The summed E-state index contributed by atoms with van der Waals surface area (Å²) in [6, 6.07) is 12.7. The van der Waals surface area contributed by atoms with Crippen LogP contribution in [-0.2, 0) is 25.0 Å².